The lowest BCUT2D eigenvalue weighted by Crippen LogP contribution is -2.09. The number of carbonyl (C=O) groups excluding carboxylic acids is 1. The second-order valence-electron chi connectivity index (χ2n) is 4.77. The molecule has 0 heterocycles. The zero-order valence-electron chi connectivity index (χ0n) is 11.4. The van der Waals surface area contributed by atoms with Crippen molar-refractivity contribution in [2.75, 3.05) is 0 Å². The van der Waals surface area contributed by atoms with Crippen molar-refractivity contribution in [1.29, 1.82) is 5.26 Å². The molecular formula is C15H19NO2. The molecule has 0 N–H and O–H groups in total. The van der Waals surface area contributed by atoms with Crippen LogP contribution in [0, 0.1) is 38.0 Å². The molecule has 0 saturated carbocycles. The van der Waals surface area contributed by atoms with Crippen LogP contribution < -0.4 is 0 Å². The number of ether oxygens (including phenoxy) is 1. The molecule has 1 unspecified atom stereocenters. The summed E-state index contributed by atoms with van der Waals surface area (Å²) in [6, 6.07) is 6.18. The second-order valence-corrected chi connectivity index (χ2v) is 4.77. The fraction of sp³-hybridized carbons (Fsp3) is 0.467. The molecule has 18 heavy (non-hydrogen) atoms. The molecule has 0 aliphatic heterocycles. The Balaban J connectivity index is 2.65. The second kappa shape index (κ2) is 6.20. The minimum absolute atomic E-state index is 0.153. The SMILES string of the molecule is Cc1cc(C)c(COC(=O)CC(C)C#N)c(C)c1. The van der Waals surface area contributed by atoms with E-state index in [2.05, 4.69) is 12.1 Å². The summed E-state index contributed by atoms with van der Waals surface area (Å²) in [4.78, 5) is 11.5. The first-order valence-corrected chi connectivity index (χ1v) is 6.06. The quantitative estimate of drug-likeness (QED) is 0.765. The van der Waals surface area contributed by atoms with Crippen LogP contribution in [0.25, 0.3) is 0 Å². The van der Waals surface area contributed by atoms with Gasteiger partial charge in [-0.25, -0.2) is 0 Å². The van der Waals surface area contributed by atoms with Crippen molar-refractivity contribution in [3.05, 3.63) is 34.4 Å². The van der Waals surface area contributed by atoms with Gasteiger partial charge in [-0.3, -0.25) is 4.79 Å². The average Bonchev–Trinajstić information content (AvgIpc) is 2.27. The van der Waals surface area contributed by atoms with Crippen LogP contribution in [0.1, 0.15) is 35.6 Å². The molecule has 0 saturated heterocycles. The fourth-order valence-electron chi connectivity index (χ4n) is 1.94. The predicted molar refractivity (Wildman–Crippen MR) is 69.8 cm³/mol. The number of nitrogens with zero attached hydrogens (tertiary/aromatic N) is 1. The maximum Gasteiger partial charge on any atom is 0.307 e. The monoisotopic (exact) mass is 245 g/mol. The Kier molecular flexibility index (Phi) is 4.91. The molecule has 1 aromatic rings. The van der Waals surface area contributed by atoms with Crippen LogP contribution >= 0.6 is 0 Å². The zero-order chi connectivity index (χ0) is 13.7. The largest absolute Gasteiger partial charge is 0.461 e. The van der Waals surface area contributed by atoms with Crippen molar-refractivity contribution in [3.8, 4) is 6.07 Å². The smallest absolute Gasteiger partial charge is 0.307 e. The Morgan fingerprint density at radius 1 is 1.33 bits per heavy atom. The predicted octanol–water partition coefficient (Wildman–Crippen LogP) is 3.20. The van der Waals surface area contributed by atoms with Gasteiger partial charge >= 0.3 is 5.97 Å². The molecule has 3 nitrogen and oxygen atoms in total. The van der Waals surface area contributed by atoms with Gasteiger partial charge in [0.05, 0.1) is 18.4 Å². The third kappa shape index (κ3) is 3.89. The van der Waals surface area contributed by atoms with Crippen molar-refractivity contribution in [2.45, 2.75) is 40.7 Å². The maximum atomic E-state index is 11.5. The Labute approximate surface area is 108 Å². The van der Waals surface area contributed by atoms with E-state index < -0.39 is 0 Å². The summed E-state index contributed by atoms with van der Waals surface area (Å²) in [6.07, 6.45) is 0.153. The van der Waals surface area contributed by atoms with E-state index in [1.54, 1.807) is 6.92 Å². The summed E-state index contributed by atoms with van der Waals surface area (Å²) in [5.41, 5.74) is 4.53. The molecule has 0 bridgehead atoms. The van der Waals surface area contributed by atoms with E-state index in [1.807, 2.05) is 26.8 Å². The molecule has 0 fully saturated rings. The summed E-state index contributed by atoms with van der Waals surface area (Å²) in [5.74, 6) is -0.610. The van der Waals surface area contributed by atoms with Crippen molar-refractivity contribution < 1.29 is 9.53 Å². The number of aryl methyl sites for hydroxylation is 3. The van der Waals surface area contributed by atoms with Crippen molar-refractivity contribution in [1.82, 2.24) is 0 Å². The van der Waals surface area contributed by atoms with Gasteiger partial charge in [0.2, 0.25) is 0 Å². The third-order valence-electron chi connectivity index (χ3n) is 2.91. The van der Waals surface area contributed by atoms with Gasteiger partial charge in [0, 0.05) is 0 Å². The molecule has 3 heteroatoms. The Bertz CT molecular complexity index is 463. The highest BCUT2D eigenvalue weighted by Crippen LogP contribution is 2.17. The molecule has 0 aliphatic rings. The molecule has 0 aliphatic carbocycles. The number of carbonyl (C=O) groups is 1. The van der Waals surface area contributed by atoms with E-state index in [1.165, 1.54) is 5.56 Å². The normalized spacial score (nSPS) is 11.7. The topological polar surface area (TPSA) is 50.1 Å². The fourth-order valence-corrected chi connectivity index (χ4v) is 1.94. The highest BCUT2D eigenvalue weighted by atomic mass is 16.5. The van der Waals surface area contributed by atoms with Gasteiger partial charge in [-0.2, -0.15) is 5.26 Å². The van der Waals surface area contributed by atoms with Crippen molar-refractivity contribution in [3.63, 3.8) is 0 Å². The van der Waals surface area contributed by atoms with E-state index in [9.17, 15) is 4.79 Å². The molecule has 1 atom stereocenters. The Morgan fingerprint density at radius 3 is 2.39 bits per heavy atom. The molecule has 0 amide bonds. The van der Waals surface area contributed by atoms with Gasteiger partial charge in [0.25, 0.3) is 0 Å². The van der Waals surface area contributed by atoms with Crippen LogP contribution in [-0.2, 0) is 16.1 Å². The number of hydrogen-bond donors (Lipinski definition) is 0. The van der Waals surface area contributed by atoms with Crippen molar-refractivity contribution >= 4 is 5.97 Å². The first kappa shape index (κ1) is 14.2. The molecule has 1 aromatic carbocycles. The van der Waals surface area contributed by atoms with Gasteiger partial charge in [-0.1, -0.05) is 17.7 Å². The van der Waals surface area contributed by atoms with Crippen LogP contribution in [0.15, 0.2) is 12.1 Å². The van der Waals surface area contributed by atoms with E-state index in [-0.39, 0.29) is 24.9 Å². The number of rotatable bonds is 4. The summed E-state index contributed by atoms with van der Waals surface area (Å²) >= 11 is 0. The lowest BCUT2D eigenvalue weighted by atomic mass is 10.0. The molecular weight excluding hydrogens is 226 g/mol. The Morgan fingerprint density at radius 2 is 1.89 bits per heavy atom. The van der Waals surface area contributed by atoms with E-state index in [0.717, 1.165) is 16.7 Å². The van der Waals surface area contributed by atoms with Gasteiger partial charge < -0.3 is 4.74 Å². The van der Waals surface area contributed by atoms with Gasteiger partial charge in [-0.15, -0.1) is 0 Å². The van der Waals surface area contributed by atoms with Crippen LogP contribution in [0.2, 0.25) is 0 Å². The highest BCUT2D eigenvalue weighted by molar-refractivity contribution is 5.70. The Hall–Kier alpha value is -1.82. The summed E-state index contributed by atoms with van der Waals surface area (Å²) < 4.78 is 5.21. The van der Waals surface area contributed by atoms with Crippen LogP contribution in [0.4, 0.5) is 0 Å². The molecule has 0 aromatic heterocycles. The first-order chi connectivity index (χ1) is 8.43. The van der Waals surface area contributed by atoms with Crippen molar-refractivity contribution in [2.24, 2.45) is 5.92 Å². The molecule has 0 spiro atoms. The number of esters is 1. The van der Waals surface area contributed by atoms with Crippen LogP contribution in [0.3, 0.4) is 0 Å². The minimum Gasteiger partial charge on any atom is -0.461 e. The molecule has 1 rings (SSSR count). The number of hydrogen-bond acceptors (Lipinski definition) is 3. The average molecular weight is 245 g/mol. The lowest BCUT2D eigenvalue weighted by Gasteiger charge is -2.12. The zero-order valence-corrected chi connectivity index (χ0v) is 11.4. The van der Waals surface area contributed by atoms with Gasteiger partial charge in [0.15, 0.2) is 0 Å². The van der Waals surface area contributed by atoms with Crippen LogP contribution in [-0.4, -0.2) is 5.97 Å². The van der Waals surface area contributed by atoms with Gasteiger partial charge in [-0.05, 0) is 44.4 Å². The highest BCUT2D eigenvalue weighted by Gasteiger charge is 2.11. The summed E-state index contributed by atoms with van der Waals surface area (Å²) in [7, 11) is 0. The van der Waals surface area contributed by atoms with E-state index >= 15 is 0 Å². The van der Waals surface area contributed by atoms with Crippen LogP contribution in [0.5, 0.6) is 0 Å². The third-order valence-corrected chi connectivity index (χ3v) is 2.91. The lowest BCUT2D eigenvalue weighted by molar-refractivity contribution is -0.145. The summed E-state index contributed by atoms with van der Waals surface area (Å²) in [5, 5.41) is 8.63. The van der Waals surface area contributed by atoms with E-state index in [0.29, 0.717) is 0 Å². The summed E-state index contributed by atoms with van der Waals surface area (Å²) in [6.45, 7) is 8.07. The molecule has 96 valence electrons. The van der Waals surface area contributed by atoms with Gasteiger partial charge in [0.1, 0.15) is 6.61 Å². The molecule has 0 radical (unpaired) electrons. The maximum absolute atomic E-state index is 11.5. The minimum atomic E-state index is -0.316. The number of nitriles is 1. The number of benzene rings is 1. The first-order valence-electron chi connectivity index (χ1n) is 6.06. The van der Waals surface area contributed by atoms with E-state index in [4.69, 9.17) is 10.00 Å². The standard InChI is InChI=1S/C15H19NO2/c1-10-5-12(3)14(13(4)6-10)9-18-15(17)7-11(2)8-16/h5-6,11H,7,9H2,1-4H3.